The molecule has 3 aromatic rings. The molecule has 1 aromatic heterocycles. The van der Waals surface area contributed by atoms with E-state index in [2.05, 4.69) is 10.2 Å². The maximum atomic E-state index is 14.4. The number of halogens is 1. The molecule has 0 unspecified atom stereocenters. The zero-order chi connectivity index (χ0) is 25.2. The Morgan fingerprint density at radius 1 is 1.14 bits per heavy atom. The highest BCUT2D eigenvalue weighted by atomic mass is 19.1. The number of hydrogen-bond donors (Lipinski definition) is 1. The zero-order valence-corrected chi connectivity index (χ0v) is 20.5. The number of nitrogens with zero attached hydrogens (tertiary/aromatic N) is 4. The van der Waals surface area contributed by atoms with E-state index in [1.165, 1.54) is 12.1 Å². The maximum Gasteiger partial charge on any atom is 0.407 e. The van der Waals surface area contributed by atoms with Crippen LogP contribution in [0.5, 0.6) is 0 Å². The summed E-state index contributed by atoms with van der Waals surface area (Å²) >= 11 is 0. The number of carbonyl (C=O) groups excluding carboxylic acids is 1. The fraction of sp³-hybridized carbons (Fsp3) is 0.370. The second-order valence-corrected chi connectivity index (χ2v) is 9.85. The summed E-state index contributed by atoms with van der Waals surface area (Å²) in [5, 5.41) is 16.9. The number of rotatable bonds is 4. The minimum Gasteiger partial charge on any atom is -0.444 e. The minimum absolute atomic E-state index is 0.00920. The molecule has 35 heavy (non-hydrogen) atoms. The van der Waals surface area contributed by atoms with Gasteiger partial charge in [0.05, 0.1) is 16.9 Å². The fourth-order valence-corrected chi connectivity index (χ4v) is 4.10. The van der Waals surface area contributed by atoms with Crippen LogP contribution in [0.25, 0.3) is 16.9 Å². The van der Waals surface area contributed by atoms with Crippen molar-refractivity contribution >= 4 is 11.9 Å². The van der Waals surface area contributed by atoms with Crippen molar-refractivity contribution in [2.45, 2.75) is 52.2 Å². The van der Waals surface area contributed by atoms with E-state index in [-0.39, 0.29) is 11.6 Å². The Bertz CT molecular complexity index is 1250. The molecule has 0 aliphatic carbocycles. The van der Waals surface area contributed by atoms with Crippen LogP contribution in [-0.2, 0) is 4.74 Å². The van der Waals surface area contributed by atoms with Gasteiger partial charge in [-0.15, -0.1) is 5.10 Å². The predicted molar refractivity (Wildman–Crippen MR) is 133 cm³/mol. The molecule has 0 spiro atoms. The summed E-state index contributed by atoms with van der Waals surface area (Å²) < 4.78 is 21.6. The first kappa shape index (κ1) is 24.3. The van der Waals surface area contributed by atoms with Crippen LogP contribution in [0.15, 0.2) is 48.5 Å². The van der Waals surface area contributed by atoms with Crippen molar-refractivity contribution in [1.29, 1.82) is 5.26 Å². The molecule has 1 N–H and O–H groups in total. The van der Waals surface area contributed by atoms with Gasteiger partial charge in [-0.05, 0) is 64.8 Å². The average molecular weight is 476 g/mol. The number of piperidine rings is 1. The van der Waals surface area contributed by atoms with Gasteiger partial charge in [0.1, 0.15) is 17.5 Å². The molecule has 0 radical (unpaired) electrons. The Kier molecular flexibility index (Phi) is 6.79. The van der Waals surface area contributed by atoms with Crippen LogP contribution in [-0.4, -0.2) is 40.6 Å². The van der Waals surface area contributed by atoms with E-state index in [0.717, 1.165) is 35.6 Å². The Hall–Kier alpha value is -3.86. The fourth-order valence-electron chi connectivity index (χ4n) is 4.10. The van der Waals surface area contributed by atoms with Crippen LogP contribution in [0.2, 0.25) is 0 Å². The van der Waals surface area contributed by atoms with Crippen LogP contribution in [0.4, 0.5) is 15.0 Å². The van der Waals surface area contributed by atoms with E-state index in [1.807, 2.05) is 64.1 Å². The molecule has 0 atom stereocenters. The number of nitriles is 1. The Labute approximate surface area is 205 Å². The summed E-state index contributed by atoms with van der Waals surface area (Å²) in [4.78, 5) is 14.3. The second-order valence-electron chi connectivity index (χ2n) is 9.85. The third kappa shape index (κ3) is 5.80. The number of benzene rings is 2. The van der Waals surface area contributed by atoms with E-state index in [0.29, 0.717) is 18.7 Å². The molecule has 1 amide bonds. The molecule has 7 nitrogen and oxygen atoms in total. The lowest BCUT2D eigenvalue weighted by Gasteiger charge is -2.32. The lowest BCUT2D eigenvalue weighted by molar-refractivity contribution is 0.0497. The highest BCUT2D eigenvalue weighted by molar-refractivity contribution is 5.69. The molecule has 1 fully saturated rings. The van der Waals surface area contributed by atoms with Gasteiger partial charge in [0.15, 0.2) is 5.82 Å². The molecule has 2 aromatic carbocycles. The van der Waals surface area contributed by atoms with E-state index < -0.39 is 17.5 Å². The van der Waals surface area contributed by atoms with Crippen LogP contribution in [0, 0.1) is 24.1 Å². The molecule has 4 rings (SSSR count). The van der Waals surface area contributed by atoms with Crippen molar-refractivity contribution < 1.29 is 13.9 Å². The van der Waals surface area contributed by atoms with E-state index >= 15 is 0 Å². The molecule has 182 valence electrons. The molecule has 1 aliphatic rings. The van der Waals surface area contributed by atoms with Gasteiger partial charge in [-0.3, -0.25) is 0 Å². The summed E-state index contributed by atoms with van der Waals surface area (Å²) in [6.07, 6.45) is 1.12. The third-order valence-corrected chi connectivity index (χ3v) is 5.90. The van der Waals surface area contributed by atoms with Gasteiger partial charge in [0.25, 0.3) is 0 Å². The molecule has 0 bridgehead atoms. The highest BCUT2D eigenvalue weighted by Gasteiger charge is 2.26. The van der Waals surface area contributed by atoms with Gasteiger partial charge in [-0.25, -0.2) is 13.9 Å². The van der Waals surface area contributed by atoms with Crippen molar-refractivity contribution in [3.8, 4) is 23.0 Å². The number of hydrogen-bond acceptors (Lipinski definition) is 5. The van der Waals surface area contributed by atoms with Crippen LogP contribution in [0.3, 0.4) is 0 Å². The summed E-state index contributed by atoms with van der Waals surface area (Å²) in [5.41, 5.74) is 2.85. The minimum atomic E-state index is -0.558. The summed E-state index contributed by atoms with van der Waals surface area (Å²) in [6.45, 7) is 8.98. The predicted octanol–water partition coefficient (Wildman–Crippen LogP) is 5.35. The van der Waals surface area contributed by atoms with Gasteiger partial charge >= 0.3 is 6.09 Å². The van der Waals surface area contributed by atoms with E-state index in [1.54, 1.807) is 10.7 Å². The van der Waals surface area contributed by atoms with Crippen LogP contribution >= 0.6 is 0 Å². The van der Waals surface area contributed by atoms with Gasteiger partial charge in [0.2, 0.25) is 0 Å². The van der Waals surface area contributed by atoms with Gasteiger partial charge < -0.3 is 15.0 Å². The Balaban J connectivity index is 1.57. The maximum absolute atomic E-state index is 14.4. The van der Waals surface area contributed by atoms with Crippen LogP contribution in [0.1, 0.15) is 44.7 Å². The SMILES string of the molecule is Cc1ccc(-n2nc(N3CCC(NC(=O)OC(C)(C)C)CC3)cc2-c2ccc(C#N)c(F)c2)cc1. The lowest BCUT2D eigenvalue weighted by Crippen LogP contribution is -2.46. The quantitative estimate of drug-likeness (QED) is 0.550. The molecule has 2 heterocycles. The summed E-state index contributed by atoms with van der Waals surface area (Å²) in [5.74, 6) is 0.221. The zero-order valence-electron chi connectivity index (χ0n) is 20.5. The topological polar surface area (TPSA) is 83.2 Å². The largest absolute Gasteiger partial charge is 0.444 e. The van der Waals surface area contributed by atoms with Crippen LogP contribution < -0.4 is 10.2 Å². The number of ether oxygens (including phenoxy) is 1. The molecule has 0 saturated carbocycles. The molecule has 8 heteroatoms. The van der Waals surface area contributed by atoms with Gasteiger partial charge in [-0.2, -0.15) is 5.26 Å². The molecular weight excluding hydrogens is 445 g/mol. The van der Waals surface area contributed by atoms with Crippen molar-refractivity contribution in [3.63, 3.8) is 0 Å². The number of nitrogens with one attached hydrogen (secondary N) is 1. The Morgan fingerprint density at radius 3 is 2.43 bits per heavy atom. The first-order valence-electron chi connectivity index (χ1n) is 11.7. The smallest absolute Gasteiger partial charge is 0.407 e. The van der Waals surface area contributed by atoms with Crippen molar-refractivity contribution in [1.82, 2.24) is 15.1 Å². The highest BCUT2D eigenvalue weighted by Crippen LogP contribution is 2.30. The lowest BCUT2D eigenvalue weighted by atomic mass is 10.0. The average Bonchev–Trinajstić information content (AvgIpc) is 3.24. The summed E-state index contributed by atoms with van der Waals surface area (Å²) in [6, 6.07) is 16.4. The first-order chi connectivity index (χ1) is 16.6. The van der Waals surface area contributed by atoms with Crippen molar-refractivity contribution in [2.24, 2.45) is 0 Å². The van der Waals surface area contributed by atoms with Crippen molar-refractivity contribution in [3.05, 3.63) is 65.5 Å². The molecule has 1 saturated heterocycles. The van der Waals surface area contributed by atoms with Crippen molar-refractivity contribution in [2.75, 3.05) is 18.0 Å². The standard InChI is InChI=1S/C27H30FN5O2/c1-18-5-9-22(10-6-18)33-24(19-7-8-20(17-29)23(28)15-19)16-25(31-33)32-13-11-21(12-14-32)30-26(34)35-27(2,3)4/h5-10,15-16,21H,11-14H2,1-4H3,(H,30,34). The number of amides is 1. The first-order valence-corrected chi connectivity index (χ1v) is 11.7. The molecule has 1 aliphatic heterocycles. The third-order valence-electron chi connectivity index (χ3n) is 5.90. The number of carbonyl (C=O) groups is 1. The molecular formula is C27H30FN5O2. The van der Waals surface area contributed by atoms with Gasteiger partial charge in [0, 0.05) is 30.8 Å². The number of aromatic nitrogens is 2. The van der Waals surface area contributed by atoms with E-state index in [9.17, 15) is 9.18 Å². The summed E-state index contributed by atoms with van der Waals surface area (Å²) in [7, 11) is 0. The number of alkyl carbamates (subject to hydrolysis) is 1. The Morgan fingerprint density at radius 2 is 1.83 bits per heavy atom. The number of aryl methyl sites for hydroxylation is 1. The second kappa shape index (κ2) is 9.79. The van der Waals surface area contributed by atoms with Gasteiger partial charge in [-0.1, -0.05) is 23.8 Å². The monoisotopic (exact) mass is 475 g/mol. The normalized spacial score (nSPS) is 14.5. The van der Waals surface area contributed by atoms with E-state index in [4.69, 9.17) is 15.1 Å². The number of anilines is 1.